The number of aromatic nitrogens is 3. The van der Waals surface area contributed by atoms with E-state index in [-0.39, 0.29) is 0 Å². The van der Waals surface area contributed by atoms with Crippen LogP contribution in [0.4, 0.5) is 0 Å². The van der Waals surface area contributed by atoms with E-state index in [9.17, 15) is 0 Å². The number of ether oxygens (including phenoxy) is 1. The molecule has 33 heavy (non-hydrogen) atoms. The van der Waals surface area contributed by atoms with E-state index in [2.05, 4.69) is 76.4 Å². The third kappa shape index (κ3) is 5.02. The molecule has 174 valence electrons. The van der Waals surface area contributed by atoms with Crippen molar-refractivity contribution in [2.45, 2.75) is 58.1 Å². The third-order valence-electron chi connectivity index (χ3n) is 6.60. The van der Waals surface area contributed by atoms with E-state index in [1.165, 1.54) is 27.2 Å². The van der Waals surface area contributed by atoms with E-state index in [0.717, 1.165) is 69.7 Å². The molecule has 6 heteroatoms. The molecule has 1 saturated heterocycles. The molecular formula is C27H34N4OS. The molecule has 1 N–H and O–H groups in total. The first-order chi connectivity index (χ1) is 16.2. The number of hydrogen-bond acceptors (Lipinski definition) is 4. The minimum atomic E-state index is 0.349. The summed E-state index contributed by atoms with van der Waals surface area (Å²) >= 11 is 1.80. The molecule has 0 bridgehead atoms. The molecule has 4 heterocycles. The smallest absolute Gasteiger partial charge is 0.156 e. The predicted octanol–water partition coefficient (Wildman–Crippen LogP) is 5.82. The molecule has 0 radical (unpaired) electrons. The van der Waals surface area contributed by atoms with Crippen molar-refractivity contribution >= 4 is 21.6 Å². The van der Waals surface area contributed by atoms with E-state index in [0.29, 0.717) is 6.10 Å². The van der Waals surface area contributed by atoms with Gasteiger partial charge in [-0.05, 0) is 80.4 Å². The van der Waals surface area contributed by atoms with Gasteiger partial charge in [0.15, 0.2) is 5.82 Å². The van der Waals surface area contributed by atoms with Crippen LogP contribution in [0.15, 0.2) is 48.0 Å². The Labute approximate surface area is 200 Å². The molecule has 1 aromatic carbocycles. The molecular weight excluding hydrogens is 428 g/mol. The third-order valence-corrected chi connectivity index (χ3v) is 7.46. The van der Waals surface area contributed by atoms with Crippen molar-refractivity contribution in [2.24, 2.45) is 7.05 Å². The lowest BCUT2D eigenvalue weighted by atomic mass is 10.1. The van der Waals surface area contributed by atoms with Crippen LogP contribution < -0.4 is 10.1 Å². The van der Waals surface area contributed by atoms with Crippen LogP contribution in [-0.4, -0.2) is 33.3 Å². The highest BCUT2D eigenvalue weighted by molar-refractivity contribution is 7.17. The zero-order valence-electron chi connectivity index (χ0n) is 19.7. The summed E-state index contributed by atoms with van der Waals surface area (Å²) in [6, 6.07) is 13.2. The highest BCUT2D eigenvalue weighted by Gasteiger charge is 2.16. The molecule has 1 aliphatic heterocycles. The second-order valence-corrected chi connectivity index (χ2v) is 10.0. The van der Waals surface area contributed by atoms with Crippen molar-refractivity contribution in [3.8, 4) is 17.3 Å². The molecule has 4 aromatic rings. The summed E-state index contributed by atoms with van der Waals surface area (Å²) in [5, 5.41) is 5.55. The van der Waals surface area contributed by atoms with Gasteiger partial charge in [0.05, 0.1) is 21.6 Å². The highest BCUT2D eigenvalue weighted by Crippen LogP contribution is 2.30. The van der Waals surface area contributed by atoms with Crippen molar-refractivity contribution in [3.63, 3.8) is 0 Å². The lowest BCUT2D eigenvalue weighted by Gasteiger charge is -2.23. The molecule has 5 rings (SSSR count). The molecule has 1 fully saturated rings. The minimum Gasteiger partial charge on any atom is -0.490 e. The standard InChI is InChI=1S/C27H34N4OS/c1-3-5-21-19-31(27(29-21)25-18-26-24(30(25)2)13-17-33-26)16-4-6-20-7-9-22(10-8-20)32-23-11-14-28-15-12-23/h7-10,13,17-19,23,28H,3-6,11-12,14-16H2,1-2H3. The van der Waals surface area contributed by atoms with Gasteiger partial charge in [-0.15, -0.1) is 11.3 Å². The van der Waals surface area contributed by atoms with Crippen molar-refractivity contribution in [1.82, 2.24) is 19.4 Å². The predicted molar refractivity (Wildman–Crippen MR) is 137 cm³/mol. The maximum Gasteiger partial charge on any atom is 0.156 e. The number of fused-ring (bicyclic) bond motifs is 1. The van der Waals surface area contributed by atoms with Gasteiger partial charge >= 0.3 is 0 Å². The SMILES string of the molecule is CCCc1cn(CCCc2ccc(OC3CCNCC3)cc2)c(-c2cc3sccc3n2C)n1. The monoisotopic (exact) mass is 462 g/mol. The molecule has 0 amide bonds. The summed E-state index contributed by atoms with van der Waals surface area (Å²) in [6.07, 6.45) is 9.07. The lowest BCUT2D eigenvalue weighted by Crippen LogP contribution is -2.34. The van der Waals surface area contributed by atoms with Gasteiger partial charge in [-0.1, -0.05) is 25.5 Å². The number of thiophene rings is 1. The number of piperidine rings is 1. The van der Waals surface area contributed by atoms with Crippen LogP contribution in [0.1, 0.15) is 43.9 Å². The molecule has 3 aromatic heterocycles. The minimum absolute atomic E-state index is 0.349. The summed E-state index contributed by atoms with van der Waals surface area (Å²) in [7, 11) is 2.15. The van der Waals surface area contributed by atoms with Crippen molar-refractivity contribution in [3.05, 3.63) is 59.2 Å². The first-order valence-electron chi connectivity index (χ1n) is 12.3. The molecule has 1 aliphatic rings. The maximum atomic E-state index is 6.15. The average Bonchev–Trinajstić information content (AvgIpc) is 3.53. The van der Waals surface area contributed by atoms with Crippen molar-refractivity contribution in [2.75, 3.05) is 13.1 Å². The molecule has 0 saturated carbocycles. The Kier molecular flexibility index (Phi) is 6.83. The average molecular weight is 463 g/mol. The first-order valence-corrected chi connectivity index (χ1v) is 13.1. The summed E-state index contributed by atoms with van der Waals surface area (Å²) in [6.45, 7) is 5.30. The van der Waals surface area contributed by atoms with Crippen LogP contribution >= 0.6 is 11.3 Å². The number of imidazole rings is 1. The van der Waals surface area contributed by atoms with Gasteiger partial charge in [0, 0.05) is 19.8 Å². The Hall–Kier alpha value is -2.57. The fourth-order valence-electron chi connectivity index (χ4n) is 4.78. The van der Waals surface area contributed by atoms with Crippen LogP contribution in [0.5, 0.6) is 5.75 Å². The zero-order valence-corrected chi connectivity index (χ0v) is 20.5. The largest absolute Gasteiger partial charge is 0.490 e. The Morgan fingerprint density at radius 3 is 2.70 bits per heavy atom. The quantitative estimate of drug-likeness (QED) is 0.341. The van der Waals surface area contributed by atoms with E-state index in [1.807, 2.05) is 0 Å². The number of hydrogen-bond donors (Lipinski definition) is 1. The second-order valence-electron chi connectivity index (χ2n) is 9.07. The Balaban J connectivity index is 1.24. The number of aryl methyl sites for hydroxylation is 4. The van der Waals surface area contributed by atoms with E-state index >= 15 is 0 Å². The van der Waals surface area contributed by atoms with E-state index in [1.54, 1.807) is 11.3 Å². The first kappa shape index (κ1) is 22.2. The Morgan fingerprint density at radius 1 is 1.12 bits per heavy atom. The van der Waals surface area contributed by atoms with Crippen LogP contribution in [0.3, 0.4) is 0 Å². The number of benzene rings is 1. The molecule has 0 unspecified atom stereocenters. The van der Waals surface area contributed by atoms with Gasteiger partial charge in [0.25, 0.3) is 0 Å². The number of rotatable bonds is 9. The van der Waals surface area contributed by atoms with Crippen LogP contribution in [0.25, 0.3) is 21.7 Å². The van der Waals surface area contributed by atoms with Gasteiger partial charge in [0.2, 0.25) is 0 Å². The fraction of sp³-hybridized carbons (Fsp3) is 0.444. The molecule has 0 spiro atoms. The van der Waals surface area contributed by atoms with E-state index in [4.69, 9.17) is 9.72 Å². The highest BCUT2D eigenvalue weighted by atomic mass is 32.1. The summed E-state index contributed by atoms with van der Waals surface area (Å²) in [5.74, 6) is 2.09. The van der Waals surface area contributed by atoms with Gasteiger partial charge < -0.3 is 19.2 Å². The lowest BCUT2D eigenvalue weighted by molar-refractivity contribution is 0.162. The van der Waals surface area contributed by atoms with Crippen LogP contribution in [-0.2, 0) is 26.4 Å². The summed E-state index contributed by atoms with van der Waals surface area (Å²) < 4.78 is 12.1. The van der Waals surface area contributed by atoms with Gasteiger partial charge in [-0.3, -0.25) is 0 Å². The van der Waals surface area contributed by atoms with Crippen molar-refractivity contribution < 1.29 is 4.74 Å². The zero-order chi connectivity index (χ0) is 22.6. The normalized spacial score (nSPS) is 14.8. The van der Waals surface area contributed by atoms with Crippen LogP contribution in [0, 0.1) is 0 Å². The topological polar surface area (TPSA) is 44.0 Å². The Bertz CT molecular complexity index is 1180. The maximum absolute atomic E-state index is 6.15. The second kappa shape index (κ2) is 10.1. The van der Waals surface area contributed by atoms with E-state index < -0.39 is 0 Å². The number of nitrogens with one attached hydrogen (secondary N) is 1. The summed E-state index contributed by atoms with van der Waals surface area (Å²) in [5.41, 5.74) is 5.05. The number of nitrogens with zero attached hydrogens (tertiary/aromatic N) is 3. The van der Waals surface area contributed by atoms with Gasteiger partial charge in [-0.2, -0.15) is 0 Å². The fourth-order valence-corrected chi connectivity index (χ4v) is 5.63. The summed E-state index contributed by atoms with van der Waals surface area (Å²) in [4.78, 5) is 5.02. The molecule has 5 nitrogen and oxygen atoms in total. The van der Waals surface area contributed by atoms with Gasteiger partial charge in [-0.25, -0.2) is 4.98 Å². The molecule has 0 atom stereocenters. The van der Waals surface area contributed by atoms with Crippen LogP contribution in [0.2, 0.25) is 0 Å². The molecule has 0 aliphatic carbocycles. The Morgan fingerprint density at radius 2 is 1.94 bits per heavy atom. The van der Waals surface area contributed by atoms with Crippen molar-refractivity contribution in [1.29, 1.82) is 0 Å². The van der Waals surface area contributed by atoms with Gasteiger partial charge in [0.1, 0.15) is 11.9 Å².